The Labute approximate surface area is 80.6 Å². The highest BCUT2D eigenvalue weighted by atomic mass is 28.1. The Balaban J connectivity index is 2.35. The summed E-state index contributed by atoms with van der Waals surface area (Å²) in [5, 5.41) is 0. The van der Waals surface area contributed by atoms with Gasteiger partial charge in [-0.2, -0.15) is 0 Å². The van der Waals surface area contributed by atoms with Crippen LogP contribution in [0.4, 0.5) is 0 Å². The molecule has 1 heteroatoms. The SMILES string of the molecule is CCC1CCC(C)C1CCC[SiH3]. The molecule has 3 unspecified atom stereocenters. The van der Waals surface area contributed by atoms with E-state index in [1.165, 1.54) is 48.4 Å². The van der Waals surface area contributed by atoms with E-state index in [4.69, 9.17) is 0 Å². The monoisotopic (exact) mass is 184 g/mol. The Morgan fingerprint density at radius 1 is 1.33 bits per heavy atom. The lowest BCUT2D eigenvalue weighted by atomic mass is 9.85. The molecule has 1 aliphatic carbocycles. The Hall–Kier alpha value is 0.217. The lowest BCUT2D eigenvalue weighted by molar-refractivity contribution is 0.297. The minimum atomic E-state index is 1.03. The molecular weight excluding hydrogens is 160 g/mol. The highest BCUT2D eigenvalue weighted by molar-refractivity contribution is 6.08. The Morgan fingerprint density at radius 2 is 2.08 bits per heavy atom. The smallest absolute Gasteiger partial charge is 0.00279 e. The molecule has 0 spiro atoms. The van der Waals surface area contributed by atoms with Crippen LogP contribution in [0.2, 0.25) is 6.04 Å². The fourth-order valence-electron chi connectivity index (χ4n) is 2.84. The van der Waals surface area contributed by atoms with Crippen LogP contribution in [0.25, 0.3) is 0 Å². The third-order valence-corrected chi connectivity index (χ3v) is 4.45. The molecule has 0 aromatic rings. The Kier molecular flexibility index (Phi) is 4.34. The van der Waals surface area contributed by atoms with Crippen molar-refractivity contribution < 1.29 is 0 Å². The quantitative estimate of drug-likeness (QED) is 0.589. The summed E-state index contributed by atoms with van der Waals surface area (Å²) in [4.78, 5) is 0. The summed E-state index contributed by atoms with van der Waals surface area (Å²) in [5.41, 5.74) is 0. The fraction of sp³-hybridized carbons (Fsp3) is 1.00. The zero-order valence-electron chi connectivity index (χ0n) is 8.97. The van der Waals surface area contributed by atoms with Crippen LogP contribution in [0, 0.1) is 17.8 Å². The molecule has 0 heterocycles. The van der Waals surface area contributed by atoms with Crippen molar-refractivity contribution in [2.75, 3.05) is 0 Å². The van der Waals surface area contributed by atoms with Gasteiger partial charge in [-0.1, -0.05) is 45.6 Å². The van der Waals surface area contributed by atoms with Gasteiger partial charge in [-0.15, -0.1) is 0 Å². The molecular formula is C11H24Si. The van der Waals surface area contributed by atoms with Crippen LogP contribution in [-0.2, 0) is 0 Å². The largest absolute Gasteiger partial charge is 0.0658 e. The maximum atomic E-state index is 2.47. The normalized spacial score (nSPS) is 36.0. The first-order valence-electron chi connectivity index (χ1n) is 5.79. The van der Waals surface area contributed by atoms with Crippen LogP contribution < -0.4 is 0 Å². The van der Waals surface area contributed by atoms with Crippen LogP contribution in [0.15, 0.2) is 0 Å². The molecule has 0 nitrogen and oxygen atoms in total. The standard InChI is InChI=1S/C11H24Si/c1-3-10-7-6-9(2)11(10)5-4-8-12/h9-11H,3-8H2,1-2,12H3. The lowest BCUT2D eigenvalue weighted by Crippen LogP contribution is -2.12. The third-order valence-electron chi connectivity index (χ3n) is 3.74. The molecule has 1 rings (SSSR count). The van der Waals surface area contributed by atoms with E-state index < -0.39 is 0 Å². The summed E-state index contributed by atoms with van der Waals surface area (Å²) in [6.45, 7) is 4.84. The molecule has 0 bridgehead atoms. The molecule has 0 aromatic carbocycles. The Bertz CT molecular complexity index is 122. The molecule has 1 aliphatic rings. The van der Waals surface area contributed by atoms with Gasteiger partial charge in [-0.3, -0.25) is 0 Å². The number of hydrogen-bond acceptors (Lipinski definition) is 0. The van der Waals surface area contributed by atoms with E-state index in [2.05, 4.69) is 13.8 Å². The lowest BCUT2D eigenvalue weighted by Gasteiger charge is -2.21. The number of hydrogen-bond donors (Lipinski definition) is 0. The topological polar surface area (TPSA) is 0 Å². The van der Waals surface area contributed by atoms with E-state index in [1.54, 1.807) is 0 Å². The van der Waals surface area contributed by atoms with Crippen molar-refractivity contribution in [3.63, 3.8) is 0 Å². The molecule has 12 heavy (non-hydrogen) atoms. The second-order valence-electron chi connectivity index (χ2n) is 4.53. The summed E-state index contributed by atoms with van der Waals surface area (Å²) < 4.78 is 0. The molecule has 0 amide bonds. The van der Waals surface area contributed by atoms with Crippen molar-refractivity contribution in [2.24, 2.45) is 17.8 Å². The molecule has 1 fully saturated rings. The summed E-state index contributed by atoms with van der Waals surface area (Å²) in [6, 6.07) is 1.51. The first-order chi connectivity index (χ1) is 5.79. The second-order valence-corrected chi connectivity index (χ2v) is 5.53. The summed E-state index contributed by atoms with van der Waals surface area (Å²) >= 11 is 0. The summed E-state index contributed by atoms with van der Waals surface area (Å²) in [5.74, 6) is 3.19. The van der Waals surface area contributed by atoms with Crippen LogP contribution in [0.1, 0.15) is 46.0 Å². The van der Waals surface area contributed by atoms with Crippen LogP contribution in [0.5, 0.6) is 0 Å². The molecule has 0 aliphatic heterocycles. The van der Waals surface area contributed by atoms with Gasteiger partial charge in [0.1, 0.15) is 0 Å². The van der Waals surface area contributed by atoms with Gasteiger partial charge in [0.15, 0.2) is 0 Å². The van der Waals surface area contributed by atoms with Crippen LogP contribution in [-0.4, -0.2) is 10.2 Å². The van der Waals surface area contributed by atoms with Gasteiger partial charge in [0, 0.05) is 10.2 Å². The van der Waals surface area contributed by atoms with Gasteiger partial charge in [0.2, 0.25) is 0 Å². The predicted octanol–water partition coefficient (Wildman–Crippen LogP) is 2.62. The maximum absolute atomic E-state index is 2.47. The van der Waals surface area contributed by atoms with Gasteiger partial charge in [-0.25, -0.2) is 0 Å². The molecule has 0 N–H and O–H groups in total. The second kappa shape index (κ2) is 5.06. The molecule has 3 atom stereocenters. The van der Waals surface area contributed by atoms with Gasteiger partial charge in [-0.05, 0) is 24.2 Å². The molecule has 0 aromatic heterocycles. The van der Waals surface area contributed by atoms with Crippen molar-refractivity contribution in [1.82, 2.24) is 0 Å². The molecule has 1 saturated carbocycles. The predicted molar refractivity (Wildman–Crippen MR) is 59.6 cm³/mol. The summed E-state index contributed by atoms with van der Waals surface area (Å²) in [7, 11) is 1.41. The summed E-state index contributed by atoms with van der Waals surface area (Å²) in [6.07, 6.45) is 7.49. The van der Waals surface area contributed by atoms with E-state index in [0.717, 1.165) is 17.8 Å². The van der Waals surface area contributed by atoms with Crippen molar-refractivity contribution in [3.8, 4) is 0 Å². The fourth-order valence-corrected chi connectivity index (χ4v) is 3.24. The van der Waals surface area contributed by atoms with Crippen molar-refractivity contribution in [3.05, 3.63) is 0 Å². The number of rotatable bonds is 4. The van der Waals surface area contributed by atoms with Crippen molar-refractivity contribution in [1.29, 1.82) is 0 Å². The first kappa shape index (κ1) is 10.3. The van der Waals surface area contributed by atoms with E-state index in [0.29, 0.717) is 0 Å². The van der Waals surface area contributed by atoms with E-state index in [-0.39, 0.29) is 0 Å². The van der Waals surface area contributed by atoms with Gasteiger partial charge >= 0.3 is 0 Å². The highest BCUT2D eigenvalue weighted by Gasteiger charge is 2.30. The first-order valence-corrected chi connectivity index (χ1v) is 7.21. The zero-order chi connectivity index (χ0) is 8.97. The molecule has 72 valence electrons. The Morgan fingerprint density at radius 3 is 2.67 bits per heavy atom. The average Bonchev–Trinajstić information content (AvgIpc) is 2.43. The van der Waals surface area contributed by atoms with E-state index in [1.807, 2.05) is 0 Å². The molecule has 0 radical (unpaired) electrons. The third kappa shape index (κ3) is 2.35. The van der Waals surface area contributed by atoms with Gasteiger partial charge < -0.3 is 0 Å². The minimum Gasteiger partial charge on any atom is -0.0658 e. The zero-order valence-corrected chi connectivity index (χ0v) is 11.0. The van der Waals surface area contributed by atoms with Gasteiger partial charge in [0.05, 0.1) is 0 Å². The highest BCUT2D eigenvalue weighted by Crippen LogP contribution is 2.41. The molecule has 0 saturated heterocycles. The average molecular weight is 184 g/mol. The minimum absolute atomic E-state index is 1.03. The van der Waals surface area contributed by atoms with E-state index >= 15 is 0 Å². The van der Waals surface area contributed by atoms with Crippen LogP contribution >= 0.6 is 0 Å². The maximum Gasteiger partial charge on any atom is 0.00279 e. The van der Waals surface area contributed by atoms with Crippen molar-refractivity contribution >= 4 is 10.2 Å². The van der Waals surface area contributed by atoms with Crippen molar-refractivity contribution in [2.45, 2.75) is 52.0 Å². The van der Waals surface area contributed by atoms with E-state index in [9.17, 15) is 0 Å². The van der Waals surface area contributed by atoms with Gasteiger partial charge in [0.25, 0.3) is 0 Å². The van der Waals surface area contributed by atoms with Crippen LogP contribution in [0.3, 0.4) is 0 Å².